The van der Waals surface area contributed by atoms with Crippen molar-refractivity contribution in [3.05, 3.63) is 29.8 Å². The number of anilines is 1. The summed E-state index contributed by atoms with van der Waals surface area (Å²) in [5.41, 5.74) is 3.53. The Balaban J connectivity index is 3.09. The summed E-state index contributed by atoms with van der Waals surface area (Å²) < 4.78 is 26.8. The van der Waals surface area contributed by atoms with Crippen molar-refractivity contribution in [2.75, 3.05) is 5.32 Å². The zero-order chi connectivity index (χ0) is 14.6. The molecule has 0 aromatic heterocycles. The molecule has 0 saturated carbocycles. The van der Waals surface area contributed by atoms with E-state index in [0.29, 0.717) is 0 Å². The Morgan fingerprint density at radius 3 is 2.42 bits per heavy atom. The van der Waals surface area contributed by atoms with Crippen molar-refractivity contribution in [2.45, 2.75) is 20.3 Å². The highest BCUT2D eigenvalue weighted by Crippen LogP contribution is 2.26. The van der Waals surface area contributed by atoms with Gasteiger partial charge >= 0.3 is 0 Å². The molecule has 19 heavy (non-hydrogen) atoms. The number of oxime groups is 1. The molecular weight excluding hydrogens is 256 g/mol. The highest BCUT2D eigenvalue weighted by atomic mass is 19.1. The topological polar surface area (TPSA) is 87.7 Å². The molecule has 0 saturated heterocycles. The number of amidine groups is 1. The monoisotopic (exact) mass is 271 g/mol. The fourth-order valence-corrected chi connectivity index (χ4v) is 1.44. The molecule has 1 amide bonds. The van der Waals surface area contributed by atoms with Gasteiger partial charge in [-0.15, -0.1) is 0 Å². The van der Waals surface area contributed by atoms with Crippen LogP contribution in [0, 0.1) is 17.0 Å². The van der Waals surface area contributed by atoms with E-state index in [-0.39, 0.29) is 12.3 Å². The molecule has 0 radical (unpaired) electrons. The summed E-state index contributed by atoms with van der Waals surface area (Å²) in [5.74, 6) is -2.88. The summed E-state index contributed by atoms with van der Waals surface area (Å²) >= 11 is 0. The zero-order valence-corrected chi connectivity index (χ0v) is 10.6. The molecule has 1 aromatic rings. The van der Waals surface area contributed by atoms with Crippen LogP contribution in [0.15, 0.2) is 23.4 Å². The minimum Gasteiger partial charge on any atom is -0.409 e. The maximum atomic E-state index is 13.4. The predicted octanol–water partition coefficient (Wildman–Crippen LogP) is 2.07. The lowest BCUT2D eigenvalue weighted by molar-refractivity contribution is -0.121. The number of halogens is 2. The Morgan fingerprint density at radius 2 is 2.00 bits per heavy atom. The summed E-state index contributed by atoms with van der Waals surface area (Å²) in [5, 5.41) is 13.6. The van der Waals surface area contributed by atoms with Gasteiger partial charge in [-0.05, 0) is 25.5 Å². The van der Waals surface area contributed by atoms with Gasteiger partial charge in [0.15, 0.2) is 5.84 Å². The van der Waals surface area contributed by atoms with Crippen LogP contribution in [0.3, 0.4) is 0 Å². The molecule has 0 aliphatic rings. The van der Waals surface area contributed by atoms with E-state index in [2.05, 4.69) is 10.5 Å². The largest absolute Gasteiger partial charge is 0.409 e. The van der Waals surface area contributed by atoms with Crippen LogP contribution in [0.4, 0.5) is 14.5 Å². The minimum atomic E-state index is -1.36. The molecule has 5 nitrogen and oxygen atoms in total. The van der Waals surface area contributed by atoms with Crippen LogP contribution in [0.1, 0.15) is 20.3 Å². The third kappa shape index (κ3) is 2.81. The van der Waals surface area contributed by atoms with Crippen LogP contribution in [0.5, 0.6) is 0 Å². The molecule has 4 N–H and O–H groups in total. The van der Waals surface area contributed by atoms with E-state index in [1.807, 2.05) is 0 Å². The van der Waals surface area contributed by atoms with E-state index < -0.39 is 28.6 Å². The van der Waals surface area contributed by atoms with E-state index in [1.165, 1.54) is 13.0 Å². The molecule has 0 spiro atoms. The lowest BCUT2D eigenvalue weighted by Crippen LogP contribution is -2.44. The first-order valence-electron chi connectivity index (χ1n) is 5.60. The average molecular weight is 271 g/mol. The third-order valence-corrected chi connectivity index (χ3v) is 3.08. The molecule has 0 aliphatic carbocycles. The van der Waals surface area contributed by atoms with Crippen LogP contribution < -0.4 is 11.1 Å². The van der Waals surface area contributed by atoms with Gasteiger partial charge in [-0.25, -0.2) is 8.78 Å². The summed E-state index contributed by atoms with van der Waals surface area (Å²) in [6.07, 6.45) is 0.199. The Bertz CT molecular complexity index is 499. The smallest absolute Gasteiger partial charge is 0.238 e. The quantitative estimate of drug-likeness (QED) is 0.339. The maximum absolute atomic E-state index is 13.4. The predicted molar refractivity (Wildman–Crippen MR) is 66.8 cm³/mol. The number of amides is 1. The van der Waals surface area contributed by atoms with Gasteiger partial charge in [-0.3, -0.25) is 4.79 Å². The summed E-state index contributed by atoms with van der Waals surface area (Å²) in [6.45, 7) is 3.05. The fraction of sp³-hybridized carbons (Fsp3) is 0.333. The van der Waals surface area contributed by atoms with Gasteiger partial charge in [-0.1, -0.05) is 18.1 Å². The summed E-state index contributed by atoms with van der Waals surface area (Å²) in [4.78, 5) is 12.1. The Hall–Kier alpha value is -2.18. The van der Waals surface area contributed by atoms with E-state index in [9.17, 15) is 13.6 Å². The zero-order valence-electron chi connectivity index (χ0n) is 10.6. The van der Waals surface area contributed by atoms with Crippen molar-refractivity contribution >= 4 is 17.4 Å². The Labute approximate surface area is 109 Å². The van der Waals surface area contributed by atoms with Crippen LogP contribution in [-0.2, 0) is 4.79 Å². The number of nitrogens with one attached hydrogen (secondary N) is 1. The number of nitrogens with two attached hydrogens (primary N) is 1. The van der Waals surface area contributed by atoms with Crippen molar-refractivity contribution < 1.29 is 18.8 Å². The number of nitrogens with zero attached hydrogens (tertiary/aromatic N) is 1. The van der Waals surface area contributed by atoms with Gasteiger partial charge in [0.2, 0.25) is 5.91 Å². The number of rotatable bonds is 4. The molecule has 1 atom stereocenters. The molecule has 1 aromatic carbocycles. The summed E-state index contributed by atoms with van der Waals surface area (Å²) in [7, 11) is 0. The Kier molecular flexibility index (Phi) is 4.42. The first-order chi connectivity index (χ1) is 8.86. The second-order valence-corrected chi connectivity index (χ2v) is 4.22. The van der Waals surface area contributed by atoms with Crippen LogP contribution in [0.2, 0.25) is 0 Å². The molecule has 104 valence electrons. The Morgan fingerprint density at radius 1 is 1.47 bits per heavy atom. The first kappa shape index (κ1) is 14.9. The molecule has 1 rings (SSSR count). The average Bonchev–Trinajstić information content (AvgIpc) is 2.40. The van der Waals surface area contributed by atoms with Crippen molar-refractivity contribution in [1.82, 2.24) is 0 Å². The lowest BCUT2D eigenvalue weighted by atomic mass is 9.85. The van der Waals surface area contributed by atoms with Gasteiger partial charge < -0.3 is 16.3 Å². The highest BCUT2D eigenvalue weighted by molar-refractivity contribution is 6.11. The summed E-state index contributed by atoms with van der Waals surface area (Å²) in [6, 6.07) is 3.22. The number of para-hydroxylation sites is 1. The van der Waals surface area contributed by atoms with Gasteiger partial charge in [-0.2, -0.15) is 0 Å². The number of carbonyl (C=O) groups is 1. The SMILES string of the molecule is CCC(C)(C(=O)Nc1c(F)cccc1F)/C(N)=N/O. The standard InChI is InChI=1S/C12H15F2N3O2/c1-3-12(2,10(15)17-19)11(18)16-9-7(13)5-4-6-8(9)14/h4-6,19H,3H2,1-2H3,(H2,15,17)(H,16,18). The van der Waals surface area contributed by atoms with Gasteiger partial charge in [0, 0.05) is 0 Å². The molecule has 0 bridgehead atoms. The van der Waals surface area contributed by atoms with Crippen molar-refractivity contribution in [1.29, 1.82) is 0 Å². The van der Waals surface area contributed by atoms with Crippen molar-refractivity contribution in [2.24, 2.45) is 16.3 Å². The van der Waals surface area contributed by atoms with E-state index in [0.717, 1.165) is 12.1 Å². The molecule has 7 heteroatoms. The van der Waals surface area contributed by atoms with Gasteiger partial charge in [0.05, 0.1) is 0 Å². The number of hydrogen-bond donors (Lipinski definition) is 3. The van der Waals surface area contributed by atoms with Gasteiger partial charge in [0.25, 0.3) is 0 Å². The fourth-order valence-electron chi connectivity index (χ4n) is 1.44. The highest BCUT2D eigenvalue weighted by Gasteiger charge is 2.37. The first-order valence-corrected chi connectivity index (χ1v) is 5.60. The van der Waals surface area contributed by atoms with E-state index in [4.69, 9.17) is 10.9 Å². The molecular formula is C12H15F2N3O2. The maximum Gasteiger partial charge on any atom is 0.238 e. The van der Waals surface area contributed by atoms with Gasteiger partial charge in [0.1, 0.15) is 22.7 Å². The molecule has 0 heterocycles. The van der Waals surface area contributed by atoms with E-state index in [1.54, 1.807) is 6.92 Å². The molecule has 0 fully saturated rings. The van der Waals surface area contributed by atoms with E-state index >= 15 is 0 Å². The second-order valence-electron chi connectivity index (χ2n) is 4.22. The lowest BCUT2D eigenvalue weighted by Gasteiger charge is -2.25. The number of hydrogen-bond acceptors (Lipinski definition) is 3. The minimum absolute atomic E-state index is 0.199. The van der Waals surface area contributed by atoms with Crippen LogP contribution in [-0.4, -0.2) is 17.0 Å². The number of benzene rings is 1. The molecule has 0 aliphatic heterocycles. The third-order valence-electron chi connectivity index (χ3n) is 3.08. The van der Waals surface area contributed by atoms with Crippen molar-refractivity contribution in [3.8, 4) is 0 Å². The van der Waals surface area contributed by atoms with Crippen LogP contribution in [0.25, 0.3) is 0 Å². The van der Waals surface area contributed by atoms with Crippen molar-refractivity contribution in [3.63, 3.8) is 0 Å². The van der Waals surface area contributed by atoms with Crippen LogP contribution >= 0.6 is 0 Å². The number of carbonyl (C=O) groups excluding carboxylic acids is 1. The second kappa shape index (κ2) is 5.64. The molecule has 1 unspecified atom stereocenters. The normalized spacial score (nSPS) is 14.8.